The molecule has 2 rings (SSSR count). The van der Waals surface area contributed by atoms with E-state index in [0.717, 1.165) is 24.6 Å². The second kappa shape index (κ2) is 6.91. The molecule has 1 aromatic rings. The first-order valence-corrected chi connectivity index (χ1v) is 7.80. The van der Waals surface area contributed by atoms with Gasteiger partial charge in [0.25, 0.3) is 5.91 Å². The third-order valence-corrected chi connectivity index (χ3v) is 4.40. The van der Waals surface area contributed by atoms with Crippen molar-refractivity contribution in [2.24, 2.45) is 0 Å². The summed E-state index contributed by atoms with van der Waals surface area (Å²) in [5.41, 5.74) is 0. The molecule has 112 valence electrons. The Kier molecular flexibility index (Phi) is 5.19. The van der Waals surface area contributed by atoms with Gasteiger partial charge in [-0.3, -0.25) is 9.69 Å². The minimum Gasteiger partial charge on any atom is -0.480 e. The van der Waals surface area contributed by atoms with Crippen LogP contribution < -0.4 is 0 Å². The van der Waals surface area contributed by atoms with Crippen LogP contribution in [0.15, 0.2) is 27.7 Å². The molecule has 0 aliphatic carbocycles. The van der Waals surface area contributed by atoms with E-state index in [-0.39, 0.29) is 10.2 Å². The van der Waals surface area contributed by atoms with E-state index >= 15 is 0 Å². The summed E-state index contributed by atoms with van der Waals surface area (Å²) in [5, 5.41) is 9.34. The Morgan fingerprint density at radius 1 is 1.62 bits per heavy atom. The van der Waals surface area contributed by atoms with Gasteiger partial charge in [-0.25, -0.2) is 4.79 Å². The molecule has 1 fully saturated rings. The Labute approximate surface area is 132 Å². The van der Waals surface area contributed by atoms with Crippen LogP contribution >= 0.6 is 24.0 Å². The van der Waals surface area contributed by atoms with Crippen molar-refractivity contribution in [1.82, 2.24) is 4.90 Å². The Balaban J connectivity index is 2.22. The highest BCUT2D eigenvalue weighted by molar-refractivity contribution is 8.26. The molecule has 0 spiro atoms. The molecule has 0 radical (unpaired) electrons. The number of nitrogens with zero attached hydrogens (tertiary/aromatic N) is 1. The van der Waals surface area contributed by atoms with Crippen LogP contribution in [0.5, 0.6) is 0 Å². The molecular formula is C14H15NO4S2. The molecule has 21 heavy (non-hydrogen) atoms. The van der Waals surface area contributed by atoms with Crippen molar-refractivity contribution in [1.29, 1.82) is 0 Å². The summed E-state index contributed by atoms with van der Waals surface area (Å²) < 4.78 is 5.45. The number of hydrogen-bond donors (Lipinski definition) is 1. The SMILES string of the molecule is CCCCC(C(=O)O)N1C(=O)C(=Cc2ccco2)SC1=S. The van der Waals surface area contributed by atoms with Gasteiger partial charge in [0, 0.05) is 6.08 Å². The van der Waals surface area contributed by atoms with E-state index in [0.29, 0.717) is 17.1 Å². The lowest BCUT2D eigenvalue weighted by Gasteiger charge is -2.22. The van der Waals surface area contributed by atoms with Gasteiger partial charge in [-0.15, -0.1) is 0 Å². The maximum absolute atomic E-state index is 12.4. The number of carboxylic acids is 1. The average molecular weight is 325 g/mol. The average Bonchev–Trinajstić information content (AvgIpc) is 3.02. The topological polar surface area (TPSA) is 70.8 Å². The van der Waals surface area contributed by atoms with Crippen LogP contribution in [0.4, 0.5) is 0 Å². The second-order valence-electron chi connectivity index (χ2n) is 4.56. The molecule has 2 heterocycles. The predicted octanol–water partition coefficient (Wildman–Crippen LogP) is 3.12. The molecule has 1 unspecified atom stereocenters. The van der Waals surface area contributed by atoms with E-state index in [9.17, 15) is 14.7 Å². The normalized spacial score (nSPS) is 18.5. The monoisotopic (exact) mass is 325 g/mol. The number of amides is 1. The summed E-state index contributed by atoms with van der Waals surface area (Å²) in [6.07, 6.45) is 5.07. The number of thioether (sulfide) groups is 1. The van der Waals surface area contributed by atoms with Crippen molar-refractivity contribution < 1.29 is 19.1 Å². The molecule has 1 amide bonds. The third kappa shape index (κ3) is 3.54. The molecule has 7 heteroatoms. The molecular weight excluding hydrogens is 310 g/mol. The number of furan rings is 1. The number of unbranched alkanes of at least 4 members (excludes halogenated alkanes) is 1. The number of carboxylic acid groups (broad SMARTS) is 1. The molecule has 1 aromatic heterocycles. The summed E-state index contributed by atoms with van der Waals surface area (Å²) >= 11 is 6.27. The lowest BCUT2D eigenvalue weighted by Crippen LogP contribution is -2.43. The van der Waals surface area contributed by atoms with Gasteiger partial charge in [-0.1, -0.05) is 43.7 Å². The smallest absolute Gasteiger partial charge is 0.326 e. The van der Waals surface area contributed by atoms with Crippen molar-refractivity contribution in [2.45, 2.75) is 32.2 Å². The quantitative estimate of drug-likeness (QED) is 0.640. The van der Waals surface area contributed by atoms with Gasteiger partial charge >= 0.3 is 5.97 Å². The maximum atomic E-state index is 12.4. The fourth-order valence-electron chi connectivity index (χ4n) is 2.01. The van der Waals surface area contributed by atoms with E-state index in [4.69, 9.17) is 16.6 Å². The lowest BCUT2D eigenvalue weighted by atomic mass is 10.1. The van der Waals surface area contributed by atoms with Gasteiger partial charge in [-0.05, 0) is 18.6 Å². The Morgan fingerprint density at radius 3 is 2.95 bits per heavy atom. The number of thiocarbonyl (C=S) groups is 1. The summed E-state index contributed by atoms with van der Waals surface area (Å²) in [6.45, 7) is 1.97. The number of carbonyl (C=O) groups excluding carboxylic acids is 1. The van der Waals surface area contributed by atoms with Gasteiger partial charge in [0.2, 0.25) is 0 Å². The zero-order valence-electron chi connectivity index (χ0n) is 11.4. The molecule has 0 bridgehead atoms. The van der Waals surface area contributed by atoms with Crippen LogP contribution in [-0.2, 0) is 9.59 Å². The first-order valence-electron chi connectivity index (χ1n) is 6.58. The second-order valence-corrected chi connectivity index (χ2v) is 6.24. The third-order valence-electron chi connectivity index (χ3n) is 3.07. The fraction of sp³-hybridized carbons (Fsp3) is 0.357. The van der Waals surface area contributed by atoms with Crippen molar-refractivity contribution in [2.75, 3.05) is 0 Å². The minimum atomic E-state index is -1.03. The lowest BCUT2D eigenvalue weighted by molar-refractivity contribution is -0.145. The fourth-order valence-corrected chi connectivity index (χ4v) is 3.35. The number of carbonyl (C=O) groups is 2. The highest BCUT2D eigenvalue weighted by Gasteiger charge is 2.40. The van der Waals surface area contributed by atoms with Crippen molar-refractivity contribution in [3.63, 3.8) is 0 Å². The zero-order valence-corrected chi connectivity index (χ0v) is 13.1. The van der Waals surface area contributed by atoms with Gasteiger partial charge in [0.1, 0.15) is 16.1 Å². The van der Waals surface area contributed by atoms with E-state index < -0.39 is 12.0 Å². The summed E-state index contributed by atoms with van der Waals surface area (Å²) in [5.74, 6) is -0.861. The number of rotatable bonds is 6. The standard InChI is InChI=1S/C14H15NO4S2/c1-2-3-6-10(13(17)18)15-12(16)11(21-14(15)20)8-9-5-4-7-19-9/h4-5,7-8,10H,2-3,6H2,1H3,(H,17,18). The van der Waals surface area contributed by atoms with Gasteiger partial charge < -0.3 is 9.52 Å². The van der Waals surface area contributed by atoms with Crippen LogP contribution in [0.25, 0.3) is 6.08 Å². The van der Waals surface area contributed by atoms with Crippen LogP contribution in [0.1, 0.15) is 31.9 Å². The predicted molar refractivity (Wildman–Crippen MR) is 84.7 cm³/mol. The van der Waals surface area contributed by atoms with Gasteiger partial charge in [-0.2, -0.15) is 0 Å². The van der Waals surface area contributed by atoms with Crippen LogP contribution in [0.3, 0.4) is 0 Å². The van der Waals surface area contributed by atoms with E-state index in [1.54, 1.807) is 18.2 Å². The summed E-state index contributed by atoms with van der Waals surface area (Å²) in [7, 11) is 0. The highest BCUT2D eigenvalue weighted by atomic mass is 32.2. The molecule has 1 aliphatic rings. The largest absolute Gasteiger partial charge is 0.480 e. The van der Waals surface area contributed by atoms with Crippen LogP contribution in [0.2, 0.25) is 0 Å². The number of aliphatic carboxylic acids is 1. The van der Waals surface area contributed by atoms with Crippen LogP contribution in [0, 0.1) is 0 Å². The highest BCUT2D eigenvalue weighted by Crippen LogP contribution is 2.35. The summed E-state index contributed by atoms with van der Waals surface area (Å²) in [4.78, 5) is 25.4. The van der Waals surface area contributed by atoms with E-state index in [1.165, 1.54) is 11.2 Å². The van der Waals surface area contributed by atoms with Crippen molar-refractivity contribution in [3.05, 3.63) is 29.1 Å². The molecule has 1 atom stereocenters. The molecule has 1 N–H and O–H groups in total. The summed E-state index contributed by atoms with van der Waals surface area (Å²) in [6, 6.07) is 2.53. The van der Waals surface area contributed by atoms with E-state index in [2.05, 4.69) is 0 Å². The zero-order chi connectivity index (χ0) is 15.4. The van der Waals surface area contributed by atoms with Crippen LogP contribution in [-0.4, -0.2) is 32.2 Å². The first-order chi connectivity index (χ1) is 10.0. The van der Waals surface area contributed by atoms with Gasteiger partial charge in [0.15, 0.2) is 0 Å². The van der Waals surface area contributed by atoms with Crippen molar-refractivity contribution >= 4 is 46.3 Å². The first kappa shape index (κ1) is 15.8. The van der Waals surface area contributed by atoms with Gasteiger partial charge in [0.05, 0.1) is 11.2 Å². The molecule has 5 nitrogen and oxygen atoms in total. The molecule has 0 saturated carbocycles. The Morgan fingerprint density at radius 2 is 2.38 bits per heavy atom. The molecule has 0 aromatic carbocycles. The Hall–Kier alpha value is -1.60. The minimum absolute atomic E-state index is 0.279. The van der Waals surface area contributed by atoms with Crippen molar-refractivity contribution in [3.8, 4) is 0 Å². The molecule has 1 saturated heterocycles. The number of hydrogen-bond acceptors (Lipinski definition) is 5. The van der Waals surface area contributed by atoms with E-state index in [1.807, 2.05) is 6.92 Å². The molecule has 1 aliphatic heterocycles. The maximum Gasteiger partial charge on any atom is 0.326 e. The Bertz CT molecular complexity index is 580.